The number of anilines is 2. The van der Waals surface area contributed by atoms with Gasteiger partial charge in [-0.05, 0) is 37.3 Å². The number of thioether (sulfide) groups is 1. The first kappa shape index (κ1) is 22.8. The lowest BCUT2D eigenvalue weighted by atomic mass is 10.0. The van der Waals surface area contributed by atoms with Gasteiger partial charge in [0.1, 0.15) is 5.75 Å². The minimum atomic E-state index is -1.10. The molecular weight excluding hydrogens is 466 g/mol. The maximum Gasteiger partial charge on any atom is 0.269 e. The first-order valence-corrected chi connectivity index (χ1v) is 13.2. The number of piperidine rings is 1. The highest BCUT2D eigenvalue weighted by atomic mass is 32.2. The van der Waals surface area contributed by atoms with Crippen LogP contribution in [0.15, 0.2) is 48.5 Å². The zero-order chi connectivity index (χ0) is 24.0. The Morgan fingerprint density at radius 3 is 2.43 bits per heavy atom. The normalized spacial score (nSPS) is 25.7. The van der Waals surface area contributed by atoms with Crippen molar-refractivity contribution in [2.24, 2.45) is 0 Å². The molecule has 3 saturated heterocycles. The van der Waals surface area contributed by atoms with E-state index in [-0.39, 0.29) is 17.6 Å². The van der Waals surface area contributed by atoms with Crippen molar-refractivity contribution in [2.45, 2.75) is 30.4 Å². The lowest BCUT2D eigenvalue weighted by Gasteiger charge is -2.39. The molecule has 4 aliphatic rings. The quantitative estimate of drug-likeness (QED) is 0.631. The van der Waals surface area contributed by atoms with Gasteiger partial charge >= 0.3 is 0 Å². The summed E-state index contributed by atoms with van der Waals surface area (Å²) in [6.07, 6.45) is 1.57. The van der Waals surface area contributed by atoms with E-state index in [9.17, 15) is 9.59 Å². The minimum Gasteiger partial charge on any atom is -0.494 e. The largest absolute Gasteiger partial charge is 0.494 e. The van der Waals surface area contributed by atoms with Crippen molar-refractivity contribution in [3.05, 3.63) is 54.1 Å². The summed E-state index contributed by atoms with van der Waals surface area (Å²) in [4.78, 5) is 32.1. The number of amides is 2. The Kier molecular flexibility index (Phi) is 5.75. The van der Waals surface area contributed by atoms with E-state index in [0.29, 0.717) is 32.2 Å². The SMILES string of the molecule is CCOc1ccc(N2C(=O)CS[C@@]23C(=O)N(CN2CCC4(CC2)OCCO4)c2ccccc23)cc1. The van der Waals surface area contributed by atoms with Gasteiger partial charge in [0, 0.05) is 37.2 Å². The highest BCUT2D eigenvalue weighted by Gasteiger charge is 2.61. The van der Waals surface area contributed by atoms with Gasteiger partial charge in [-0.3, -0.25) is 24.3 Å². The van der Waals surface area contributed by atoms with E-state index >= 15 is 0 Å². The van der Waals surface area contributed by atoms with Gasteiger partial charge < -0.3 is 14.2 Å². The Bertz CT molecular complexity index is 1130. The van der Waals surface area contributed by atoms with Gasteiger partial charge in [-0.25, -0.2) is 0 Å². The number of hydrogen-bond donors (Lipinski definition) is 0. The fraction of sp³-hybridized carbons (Fsp3) is 0.462. The number of likely N-dealkylation sites (tertiary alicyclic amines) is 1. The maximum atomic E-state index is 14.2. The van der Waals surface area contributed by atoms with Crippen LogP contribution in [0.4, 0.5) is 11.4 Å². The molecule has 8 nitrogen and oxygen atoms in total. The minimum absolute atomic E-state index is 0.0698. The molecule has 3 fully saturated rings. The standard InChI is InChI=1S/C26H29N3O5S/c1-2-32-20-9-7-19(8-10-20)29-23(30)17-35-26(29)21-5-3-4-6-22(21)28(24(26)31)18-27-13-11-25(12-14-27)33-15-16-34-25/h3-10H,2,11-18H2,1H3/t26-/m0/s1. The number of rotatable bonds is 5. The molecule has 0 saturated carbocycles. The van der Waals surface area contributed by atoms with Crippen LogP contribution in [0, 0.1) is 0 Å². The summed E-state index contributed by atoms with van der Waals surface area (Å²) < 4.78 is 17.3. The molecule has 0 aromatic heterocycles. The Morgan fingerprint density at radius 2 is 1.71 bits per heavy atom. The lowest BCUT2D eigenvalue weighted by molar-refractivity contribution is -0.185. The second kappa shape index (κ2) is 8.81. The van der Waals surface area contributed by atoms with Crippen molar-refractivity contribution in [1.29, 1.82) is 0 Å². The van der Waals surface area contributed by atoms with Crippen LogP contribution in [-0.4, -0.2) is 67.8 Å². The topological polar surface area (TPSA) is 71.6 Å². The van der Waals surface area contributed by atoms with E-state index in [1.54, 1.807) is 4.90 Å². The summed E-state index contributed by atoms with van der Waals surface area (Å²) in [5, 5.41) is 0. The second-order valence-electron chi connectivity index (χ2n) is 9.21. The highest BCUT2D eigenvalue weighted by Crippen LogP contribution is 2.55. The summed E-state index contributed by atoms with van der Waals surface area (Å²) in [7, 11) is 0. The highest BCUT2D eigenvalue weighted by molar-refractivity contribution is 8.02. The van der Waals surface area contributed by atoms with Crippen molar-refractivity contribution >= 4 is 35.0 Å². The molecule has 9 heteroatoms. The van der Waals surface area contributed by atoms with Crippen LogP contribution in [0.25, 0.3) is 0 Å². The Hall–Kier alpha value is -2.59. The summed E-state index contributed by atoms with van der Waals surface area (Å²) in [6.45, 7) is 5.84. The maximum absolute atomic E-state index is 14.2. The smallest absolute Gasteiger partial charge is 0.269 e. The van der Waals surface area contributed by atoms with E-state index in [1.807, 2.05) is 60.4 Å². The number of ether oxygens (including phenoxy) is 3. The van der Waals surface area contributed by atoms with Gasteiger partial charge in [0.2, 0.25) is 10.8 Å². The monoisotopic (exact) mass is 495 g/mol. The third-order valence-electron chi connectivity index (χ3n) is 7.24. The average molecular weight is 496 g/mol. The third-order valence-corrected chi connectivity index (χ3v) is 8.63. The van der Waals surface area contributed by atoms with Gasteiger partial charge in [-0.1, -0.05) is 18.2 Å². The molecule has 0 unspecified atom stereocenters. The van der Waals surface area contributed by atoms with Crippen LogP contribution in [0.5, 0.6) is 5.75 Å². The van der Waals surface area contributed by atoms with E-state index in [4.69, 9.17) is 14.2 Å². The number of fused-ring (bicyclic) bond motifs is 2. The van der Waals surface area contributed by atoms with Crippen LogP contribution in [0.1, 0.15) is 25.3 Å². The molecule has 4 heterocycles. The second-order valence-corrected chi connectivity index (χ2v) is 10.4. The summed E-state index contributed by atoms with van der Waals surface area (Å²) in [6, 6.07) is 15.3. The number of hydrogen-bond acceptors (Lipinski definition) is 7. The Labute approximate surface area is 209 Å². The zero-order valence-corrected chi connectivity index (χ0v) is 20.6. The molecule has 2 spiro atoms. The number of carbonyl (C=O) groups is 2. The van der Waals surface area contributed by atoms with E-state index < -0.39 is 10.7 Å². The number of nitrogens with zero attached hydrogens (tertiary/aromatic N) is 3. The van der Waals surface area contributed by atoms with Crippen LogP contribution >= 0.6 is 11.8 Å². The molecule has 0 aliphatic carbocycles. The molecule has 2 amide bonds. The number of carbonyl (C=O) groups excluding carboxylic acids is 2. The molecule has 1 atom stereocenters. The van der Waals surface area contributed by atoms with Crippen molar-refractivity contribution in [3.8, 4) is 5.75 Å². The fourth-order valence-electron chi connectivity index (χ4n) is 5.57. The van der Waals surface area contributed by atoms with Gasteiger partial charge in [-0.2, -0.15) is 0 Å². The zero-order valence-electron chi connectivity index (χ0n) is 19.8. The molecule has 4 aliphatic heterocycles. The molecule has 0 bridgehead atoms. The molecule has 0 N–H and O–H groups in total. The molecule has 0 radical (unpaired) electrons. The van der Waals surface area contributed by atoms with Crippen LogP contribution in [0.3, 0.4) is 0 Å². The van der Waals surface area contributed by atoms with E-state index in [2.05, 4.69) is 4.90 Å². The van der Waals surface area contributed by atoms with Crippen molar-refractivity contribution < 1.29 is 23.8 Å². The van der Waals surface area contributed by atoms with Crippen LogP contribution in [0.2, 0.25) is 0 Å². The van der Waals surface area contributed by atoms with Gasteiger partial charge in [-0.15, -0.1) is 11.8 Å². The van der Waals surface area contributed by atoms with Crippen LogP contribution in [-0.2, 0) is 23.9 Å². The van der Waals surface area contributed by atoms with Gasteiger partial charge in [0.05, 0.1) is 37.9 Å². The lowest BCUT2D eigenvalue weighted by Crippen LogP contribution is -2.53. The van der Waals surface area contributed by atoms with Gasteiger partial charge in [0.15, 0.2) is 5.79 Å². The molecule has 2 aromatic carbocycles. The Morgan fingerprint density at radius 1 is 1.00 bits per heavy atom. The summed E-state index contributed by atoms with van der Waals surface area (Å²) >= 11 is 1.41. The van der Waals surface area contributed by atoms with Crippen LogP contribution < -0.4 is 14.5 Å². The molecule has 184 valence electrons. The van der Waals surface area contributed by atoms with E-state index in [0.717, 1.165) is 42.9 Å². The predicted molar refractivity (Wildman–Crippen MR) is 133 cm³/mol. The van der Waals surface area contributed by atoms with Crippen molar-refractivity contribution in [2.75, 3.05) is 55.1 Å². The third kappa shape index (κ3) is 3.64. The van der Waals surface area contributed by atoms with Gasteiger partial charge in [0.25, 0.3) is 5.91 Å². The fourth-order valence-corrected chi connectivity index (χ4v) is 6.93. The first-order valence-electron chi connectivity index (χ1n) is 12.2. The van der Waals surface area contributed by atoms with E-state index in [1.165, 1.54) is 11.8 Å². The molecule has 2 aromatic rings. The number of benzene rings is 2. The molecular formula is C26H29N3O5S. The first-order chi connectivity index (χ1) is 17.1. The summed E-state index contributed by atoms with van der Waals surface area (Å²) in [5.74, 6) is 0.393. The summed E-state index contributed by atoms with van der Waals surface area (Å²) in [5.41, 5.74) is 2.43. The number of para-hydroxylation sites is 1. The molecule has 35 heavy (non-hydrogen) atoms. The molecule has 6 rings (SSSR count). The average Bonchev–Trinajstić information content (AvgIpc) is 3.54. The predicted octanol–water partition coefficient (Wildman–Crippen LogP) is 3.16. The Balaban J connectivity index is 1.30. The van der Waals surface area contributed by atoms with Crippen molar-refractivity contribution in [1.82, 2.24) is 4.90 Å². The van der Waals surface area contributed by atoms with Crippen molar-refractivity contribution in [3.63, 3.8) is 0 Å².